The Morgan fingerprint density at radius 2 is 1.11 bits per heavy atom. The molecular formula is C60H62N14O9S2. The minimum Gasteiger partial charge on any atom is -0.476 e. The summed E-state index contributed by atoms with van der Waals surface area (Å²) in [6, 6.07) is 24.9. The van der Waals surface area contributed by atoms with Gasteiger partial charge < -0.3 is 43.7 Å². The number of imidazole rings is 2. The number of nitrogens with one attached hydrogen (secondary N) is 4. The number of aromatic nitrogens is 8. The van der Waals surface area contributed by atoms with Crippen LogP contribution in [0.5, 0.6) is 11.8 Å². The first-order chi connectivity index (χ1) is 40.9. The van der Waals surface area contributed by atoms with Crippen molar-refractivity contribution in [1.82, 2.24) is 48.9 Å². The van der Waals surface area contributed by atoms with Crippen molar-refractivity contribution in [3.05, 3.63) is 109 Å². The zero-order valence-corrected chi connectivity index (χ0v) is 49.3. The second-order valence-electron chi connectivity index (χ2n) is 23.8. The topological polar surface area (TPSA) is 263 Å². The third-order valence-corrected chi connectivity index (χ3v) is 17.9. The smallest absolute Gasteiger partial charge is 0.324 e. The molecule has 10 aromatic rings. The van der Waals surface area contributed by atoms with Gasteiger partial charge in [0.2, 0.25) is 23.6 Å². The molecule has 1 saturated heterocycles. The standard InChI is InChI=1S/C60H62N14O9S2/c1-57(2,3)43-29-45(69-82-43)65-53(77)61-37-11-7-35(8-12-37)39-31-73-41-15-17-47(67-49(41)84-55(73)63-39)80-33-59(19-20-59)51(75)71(6)24-23-58(4,5)44-30-46(70-83-44)66-54(78)62-38-13-9-36(10-14-38)40-32-74-42-16-18-48(68-50(42)85-56(74)64-40)81-34-60(21-22-60)52(76)72-25-27-79-28-26-72/h7-18,29-32H,19-28,33-34H2,1-6H3,(H2,61,65,69,77)(H2,62,66,70,78). The van der Waals surface area contributed by atoms with Gasteiger partial charge in [0, 0.05) is 96.7 Å². The first-order valence-electron chi connectivity index (χ1n) is 28.1. The van der Waals surface area contributed by atoms with E-state index >= 15 is 0 Å². The van der Waals surface area contributed by atoms with Gasteiger partial charge in [0.1, 0.15) is 34.4 Å². The Labute approximate surface area is 495 Å². The quantitative estimate of drug-likeness (QED) is 0.0622. The normalized spacial score (nSPS) is 15.5. The number of amides is 6. The molecule has 3 aliphatic rings. The van der Waals surface area contributed by atoms with Crippen LogP contribution in [0.25, 0.3) is 53.1 Å². The van der Waals surface area contributed by atoms with Crippen molar-refractivity contribution in [2.24, 2.45) is 10.8 Å². The molecule has 13 rings (SSSR count). The summed E-state index contributed by atoms with van der Waals surface area (Å²) in [5.74, 6) is 2.91. The number of carbonyl (C=O) groups excluding carboxylic acids is 4. The summed E-state index contributed by atoms with van der Waals surface area (Å²) in [6.07, 6.45) is 7.56. The average Bonchev–Trinajstić information content (AvgIpc) is 4.15. The van der Waals surface area contributed by atoms with Gasteiger partial charge in [-0.2, -0.15) is 0 Å². The highest BCUT2D eigenvalue weighted by Gasteiger charge is 2.53. The van der Waals surface area contributed by atoms with Crippen LogP contribution in [0, 0.1) is 10.8 Å². The number of hydrogen-bond donors (Lipinski definition) is 4. The Hall–Kier alpha value is -8.94. The summed E-state index contributed by atoms with van der Waals surface area (Å²) in [7, 11) is 1.81. The van der Waals surface area contributed by atoms with E-state index in [-0.39, 0.29) is 29.7 Å². The summed E-state index contributed by atoms with van der Waals surface area (Å²) in [6.45, 7) is 13.4. The van der Waals surface area contributed by atoms with Gasteiger partial charge in [0.25, 0.3) is 0 Å². The summed E-state index contributed by atoms with van der Waals surface area (Å²) in [5.41, 5.74) is 4.40. The molecule has 438 valence electrons. The van der Waals surface area contributed by atoms with E-state index in [9.17, 15) is 19.2 Å². The molecule has 1 aliphatic heterocycles. The number of carbonyl (C=O) groups is 4. The molecule has 25 heteroatoms. The highest BCUT2D eigenvalue weighted by Crippen LogP contribution is 2.49. The number of pyridine rings is 2. The second-order valence-corrected chi connectivity index (χ2v) is 25.7. The van der Waals surface area contributed by atoms with Gasteiger partial charge in [0.05, 0.1) is 46.5 Å². The summed E-state index contributed by atoms with van der Waals surface area (Å²) >= 11 is 2.90. The van der Waals surface area contributed by atoms with Gasteiger partial charge in [-0.05, 0) is 68.5 Å². The van der Waals surface area contributed by atoms with Gasteiger partial charge in [-0.3, -0.25) is 29.0 Å². The van der Waals surface area contributed by atoms with Crippen LogP contribution < -0.4 is 30.7 Å². The zero-order valence-electron chi connectivity index (χ0n) is 47.7. The Morgan fingerprint density at radius 3 is 1.59 bits per heavy atom. The monoisotopic (exact) mass is 1190 g/mol. The fraction of sp³-hybridized carbons (Fsp3) is 0.367. The van der Waals surface area contributed by atoms with Crippen LogP contribution in [0.2, 0.25) is 0 Å². The van der Waals surface area contributed by atoms with E-state index < -0.39 is 28.3 Å². The molecule has 85 heavy (non-hydrogen) atoms. The zero-order chi connectivity index (χ0) is 58.8. The number of ether oxygens (including phenoxy) is 3. The first kappa shape index (κ1) is 55.3. The number of fused-ring (bicyclic) bond motifs is 6. The first-order valence-corrected chi connectivity index (χ1v) is 29.8. The SMILES string of the molecule is CN(CCC(C)(C)c1cc(NC(=O)Nc2ccc(-c3cn4c(n3)sc3nc(OCC5(C(=O)N6CCOCC6)CC5)ccc34)cc2)no1)C(=O)C1(COc2ccc3c(n2)sc2nc(-c4ccc(NC(=O)Nc5cc(C(C)(C)C)on5)cc4)cn23)CC1. The highest BCUT2D eigenvalue weighted by molar-refractivity contribution is 7.23. The molecule has 0 bridgehead atoms. The molecule has 4 N–H and O–H groups in total. The minimum atomic E-state index is -0.631. The molecule has 0 atom stereocenters. The van der Waals surface area contributed by atoms with Gasteiger partial charge in [-0.1, -0.05) is 91.9 Å². The Morgan fingerprint density at radius 1 is 0.624 bits per heavy atom. The molecule has 6 amide bonds. The second kappa shape index (κ2) is 21.6. The van der Waals surface area contributed by atoms with Crippen LogP contribution in [0.15, 0.2) is 106 Å². The van der Waals surface area contributed by atoms with Crippen LogP contribution in [0.3, 0.4) is 0 Å². The van der Waals surface area contributed by atoms with Crippen LogP contribution in [-0.2, 0) is 25.2 Å². The maximum Gasteiger partial charge on any atom is 0.324 e. The van der Waals surface area contributed by atoms with Crippen LogP contribution in [-0.4, -0.2) is 126 Å². The molecule has 9 heterocycles. The number of thiazole rings is 2. The number of anilines is 4. The molecule has 8 aromatic heterocycles. The lowest BCUT2D eigenvalue weighted by Gasteiger charge is -2.30. The summed E-state index contributed by atoms with van der Waals surface area (Å²) < 4.78 is 32.8. The fourth-order valence-corrected chi connectivity index (χ4v) is 12.2. The van der Waals surface area contributed by atoms with Crippen LogP contribution in [0.1, 0.15) is 78.2 Å². The Kier molecular flexibility index (Phi) is 14.0. The third kappa shape index (κ3) is 11.5. The van der Waals surface area contributed by atoms with Crippen molar-refractivity contribution >= 4 is 100 Å². The maximum absolute atomic E-state index is 13.9. The van der Waals surface area contributed by atoms with E-state index in [2.05, 4.69) is 31.6 Å². The highest BCUT2D eigenvalue weighted by atomic mass is 32.1. The number of hydrogen-bond acceptors (Lipinski definition) is 17. The van der Waals surface area contributed by atoms with Crippen molar-refractivity contribution in [3.8, 4) is 34.3 Å². The Bertz CT molecular complexity index is 4180. The van der Waals surface area contributed by atoms with Crippen molar-refractivity contribution < 1.29 is 42.4 Å². The number of morpholine rings is 1. The van der Waals surface area contributed by atoms with E-state index in [1.165, 1.54) is 22.7 Å². The predicted octanol–water partition coefficient (Wildman–Crippen LogP) is 11.1. The average molecular weight is 1190 g/mol. The lowest BCUT2D eigenvalue weighted by atomic mass is 9.86. The molecule has 0 radical (unpaired) electrons. The molecule has 2 aliphatic carbocycles. The van der Waals surface area contributed by atoms with Crippen molar-refractivity contribution in [3.63, 3.8) is 0 Å². The van der Waals surface area contributed by atoms with Crippen LogP contribution >= 0.6 is 22.7 Å². The molecule has 3 fully saturated rings. The van der Waals surface area contributed by atoms with E-state index in [0.717, 1.165) is 66.0 Å². The third-order valence-electron chi connectivity index (χ3n) is 16.0. The molecule has 0 unspecified atom stereocenters. The molecule has 23 nitrogen and oxygen atoms in total. The molecule has 2 aromatic carbocycles. The summed E-state index contributed by atoms with van der Waals surface area (Å²) in [5, 5.41) is 19.2. The van der Waals surface area contributed by atoms with Crippen molar-refractivity contribution in [2.45, 2.75) is 77.6 Å². The molecule has 0 spiro atoms. The van der Waals surface area contributed by atoms with E-state index in [0.29, 0.717) is 99.2 Å². The van der Waals surface area contributed by atoms with E-state index in [1.807, 2.05) is 141 Å². The molecular weight excluding hydrogens is 1120 g/mol. The maximum atomic E-state index is 13.9. The van der Waals surface area contributed by atoms with Gasteiger partial charge >= 0.3 is 12.1 Å². The molecule has 2 saturated carbocycles. The van der Waals surface area contributed by atoms with E-state index in [4.69, 9.17) is 43.2 Å². The Balaban J connectivity index is 0.556. The van der Waals surface area contributed by atoms with Gasteiger partial charge in [0.15, 0.2) is 21.6 Å². The largest absolute Gasteiger partial charge is 0.476 e. The lowest BCUT2D eigenvalue weighted by Crippen LogP contribution is -2.46. The number of nitrogens with zero attached hydrogens (tertiary/aromatic N) is 10. The minimum absolute atomic E-state index is 0.0132. The van der Waals surface area contributed by atoms with Crippen molar-refractivity contribution in [2.75, 3.05) is 74.4 Å². The van der Waals surface area contributed by atoms with Crippen LogP contribution in [0.4, 0.5) is 32.6 Å². The fourth-order valence-electron chi connectivity index (χ4n) is 10.3. The van der Waals surface area contributed by atoms with Gasteiger partial charge in [-0.25, -0.2) is 29.5 Å². The summed E-state index contributed by atoms with van der Waals surface area (Å²) in [4.78, 5) is 78.9. The van der Waals surface area contributed by atoms with Gasteiger partial charge in [-0.15, -0.1) is 0 Å². The number of benzene rings is 2. The predicted molar refractivity (Wildman–Crippen MR) is 322 cm³/mol. The van der Waals surface area contributed by atoms with E-state index in [1.54, 1.807) is 17.0 Å². The number of urea groups is 2. The lowest BCUT2D eigenvalue weighted by molar-refractivity contribution is -0.142. The number of rotatable bonds is 18. The van der Waals surface area contributed by atoms with Crippen molar-refractivity contribution in [1.29, 1.82) is 0 Å².